The van der Waals surface area contributed by atoms with Crippen LogP contribution in [0.2, 0.25) is 0 Å². The molecule has 0 spiro atoms. The van der Waals surface area contributed by atoms with E-state index in [1.165, 1.54) is 25.7 Å². The minimum atomic E-state index is -0.592. The van der Waals surface area contributed by atoms with Crippen LogP contribution in [0.15, 0.2) is 12.2 Å². The minimum absolute atomic E-state index is 0. The van der Waals surface area contributed by atoms with Gasteiger partial charge >= 0.3 is 5.97 Å². The smallest absolute Gasteiger partial charge is 0.348 e. The Bertz CT molecular complexity index is 246. The predicted octanol–water partition coefficient (Wildman–Crippen LogP) is 2.97. The van der Waals surface area contributed by atoms with E-state index in [-0.39, 0.29) is 25.1 Å². The van der Waals surface area contributed by atoms with Gasteiger partial charge in [0.2, 0.25) is 0 Å². The van der Waals surface area contributed by atoms with Gasteiger partial charge in [0.15, 0.2) is 0 Å². The second-order valence-corrected chi connectivity index (χ2v) is 3.49. The largest absolute Gasteiger partial charge is 0.462 e. The molecule has 0 aromatic rings. The topological polar surface area (TPSA) is 50.1 Å². The Hall–Kier alpha value is -0.677. The summed E-state index contributed by atoms with van der Waals surface area (Å²) in [6.07, 6.45) is 6.88. The van der Waals surface area contributed by atoms with E-state index in [4.69, 9.17) is 10.00 Å². The van der Waals surface area contributed by atoms with Crippen LogP contribution in [0.25, 0.3) is 0 Å². The van der Waals surface area contributed by atoms with Crippen molar-refractivity contribution in [3.8, 4) is 6.07 Å². The van der Waals surface area contributed by atoms with Crippen molar-refractivity contribution in [3.05, 3.63) is 12.2 Å². The van der Waals surface area contributed by atoms with Crippen LogP contribution in [0.4, 0.5) is 0 Å². The molecule has 0 saturated heterocycles. The van der Waals surface area contributed by atoms with Crippen LogP contribution in [0.5, 0.6) is 0 Å². The predicted molar refractivity (Wildman–Crippen MR) is 59.1 cm³/mol. The monoisotopic (exact) mass is 273 g/mol. The molecule has 0 fully saturated rings. The second-order valence-electron chi connectivity index (χ2n) is 3.49. The standard InChI is InChI=1S/C12H19NO2.Zn/c1-3-4-5-6-7-8-9-15-12(14)11(2)10-13;/h2-9H2,1H3;. The summed E-state index contributed by atoms with van der Waals surface area (Å²) in [5.41, 5.74) is -0.124. The molecule has 0 aliphatic rings. The quantitative estimate of drug-likeness (QED) is 0.225. The maximum atomic E-state index is 11.0. The number of rotatable bonds is 8. The molecule has 0 heterocycles. The molecular weight excluding hydrogens is 256 g/mol. The van der Waals surface area contributed by atoms with Crippen LogP contribution in [0.1, 0.15) is 45.4 Å². The fourth-order valence-corrected chi connectivity index (χ4v) is 1.18. The van der Waals surface area contributed by atoms with Gasteiger partial charge < -0.3 is 4.74 Å². The van der Waals surface area contributed by atoms with Crippen molar-refractivity contribution in [3.63, 3.8) is 0 Å². The summed E-state index contributed by atoms with van der Waals surface area (Å²) in [5, 5.41) is 8.35. The van der Waals surface area contributed by atoms with E-state index >= 15 is 0 Å². The zero-order chi connectivity index (χ0) is 11.5. The third-order valence-corrected chi connectivity index (χ3v) is 2.11. The van der Waals surface area contributed by atoms with Crippen LogP contribution in [-0.4, -0.2) is 12.6 Å². The van der Waals surface area contributed by atoms with Crippen molar-refractivity contribution in [2.75, 3.05) is 6.61 Å². The Balaban J connectivity index is 0. The van der Waals surface area contributed by atoms with Crippen LogP contribution in [-0.2, 0) is 29.0 Å². The Morgan fingerprint density at radius 2 is 1.81 bits per heavy atom. The van der Waals surface area contributed by atoms with Gasteiger partial charge in [-0.05, 0) is 6.42 Å². The van der Waals surface area contributed by atoms with E-state index in [9.17, 15) is 4.79 Å². The van der Waals surface area contributed by atoms with E-state index in [0.29, 0.717) is 6.61 Å². The van der Waals surface area contributed by atoms with E-state index in [1.807, 2.05) is 0 Å². The number of carbonyl (C=O) groups is 1. The van der Waals surface area contributed by atoms with Gasteiger partial charge in [-0.25, -0.2) is 4.79 Å². The number of hydrogen-bond donors (Lipinski definition) is 0. The van der Waals surface area contributed by atoms with Gasteiger partial charge in [-0.2, -0.15) is 5.26 Å². The van der Waals surface area contributed by atoms with Crippen LogP contribution in [0, 0.1) is 11.3 Å². The molecule has 0 atom stereocenters. The molecule has 0 aromatic carbocycles. The van der Waals surface area contributed by atoms with Crippen molar-refractivity contribution in [2.24, 2.45) is 0 Å². The molecule has 0 aliphatic heterocycles. The molecule has 0 saturated carbocycles. The first kappa shape index (κ1) is 17.7. The molecule has 4 heteroatoms. The number of hydrogen-bond acceptors (Lipinski definition) is 3. The maximum Gasteiger partial charge on any atom is 0.348 e. The number of ether oxygens (including phenoxy) is 1. The molecule has 0 aromatic heterocycles. The van der Waals surface area contributed by atoms with Crippen LogP contribution < -0.4 is 0 Å². The van der Waals surface area contributed by atoms with Gasteiger partial charge in [-0.15, -0.1) is 0 Å². The van der Waals surface area contributed by atoms with E-state index in [0.717, 1.165) is 12.8 Å². The van der Waals surface area contributed by atoms with Crippen molar-refractivity contribution >= 4 is 5.97 Å². The first-order valence-corrected chi connectivity index (χ1v) is 5.48. The van der Waals surface area contributed by atoms with E-state index in [2.05, 4.69) is 13.5 Å². The molecule has 0 aliphatic carbocycles. The Labute approximate surface area is 111 Å². The molecule has 16 heavy (non-hydrogen) atoms. The third-order valence-electron chi connectivity index (χ3n) is 2.11. The summed E-state index contributed by atoms with van der Waals surface area (Å²) >= 11 is 0. The van der Waals surface area contributed by atoms with Crippen molar-refractivity contribution < 1.29 is 29.0 Å². The van der Waals surface area contributed by atoms with Gasteiger partial charge in [0.05, 0.1) is 6.61 Å². The van der Waals surface area contributed by atoms with Crippen molar-refractivity contribution in [1.82, 2.24) is 0 Å². The fraction of sp³-hybridized carbons (Fsp3) is 0.667. The summed E-state index contributed by atoms with van der Waals surface area (Å²) in [7, 11) is 0. The normalized spacial score (nSPS) is 8.75. The number of nitriles is 1. The summed E-state index contributed by atoms with van der Waals surface area (Å²) in [6.45, 7) is 5.85. The molecular formula is C12H19NO2Zn. The SMILES string of the molecule is C=C(C#N)C(=O)OCCCCCCCC.[Zn]. The second kappa shape index (κ2) is 12.4. The van der Waals surface area contributed by atoms with Crippen LogP contribution in [0.3, 0.4) is 0 Å². The first-order chi connectivity index (χ1) is 7.22. The molecule has 0 radical (unpaired) electrons. The summed E-state index contributed by atoms with van der Waals surface area (Å²) in [4.78, 5) is 11.0. The van der Waals surface area contributed by atoms with Gasteiger partial charge in [0, 0.05) is 19.5 Å². The molecule has 0 bridgehead atoms. The van der Waals surface area contributed by atoms with Gasteiger partial charge in [-0.1, -0.05) is 45.6 Å². The summed E-state index contributed by atoms with van der Waals surface area (Å²) < 4.78 is 4.84. The third kappa shape index (κ3) is 9.86. The first-order valence-electron chi connectivity index (χ1n) is 5.48. The average Bonchev–Trinajstić information content (AvgIpc) is 2.26. The molecule has 0 amide bonds. The zero-order valence-corrected chi connectivity index (χ0v) is 13.1. The summed E-state index contributed by atoms with van der Waals surface area (Å²) in [5.74, 6) is -0.592. The average molecular weight is 275 g/mol. The van der Waals surface area contributed by atoms with Gasteiger partial charge in [0.25, 0.3) is 0 Å². The Morgan fingerprint density at radius 1 is 1.25 bits per heavy atom. The van der Waals surface area contributed by atoms with Gasteiger partial charge in [-0.3, -0.25) is 0 Å². The molecule has 0 N–H and O–H groups in total. The fourth-order valence-electron chi connectivity index (χ4n) is 1.18. The number of carbonyl (C=O) groups excluding carboxylic acids is 1. The zero-order valence-electron chi connectivity index (χ0n) is 10.1. The molecule has 3 nitrogen and oxygen atoms in total. The minimum Gasteiger partial charge on any atom is -0.462 e. The molecule has 0 rings (SSSR count). The number of nitrogens with zero attached hydrogens (tertiary/aromatic N) is 1. The summed E-state index contributed by atoms with van der Waals surface area (Å²) in [6, 6.07) is 1.66. The maximum absolute atomic E-state index is 11.0. The van der Waals surface area contributed by atoms with Crippen molar-refractivity contribution in [2.45, 2.75) is 45.4 Å². The number of esters is 1. The van der Waals surface area contributed by atoms with E-state index in [1.54, 1.807) is 6.07 Å². The Morgan fingerprint density at radius 3 is 2.38 bits per heavy atom. The van der Waals surface area contributed by atoms with Crippen LogP contribution >= 0.6 is 0 Å². The molecule has 86 valence electrons. The van der Waals surface area contributed by atoms with Gasteiger partial charge in [0.1, 0.15) is 11.6 Å². The number of unbranched alkanes of at least 4 members (excludes halogenated alkanes) is 5. The molecule has 0 unspecified atom stereocenters. The Kier molecular flexibility index (Phi) is 13.7. The van der Waals surface area contributed by atoms with Crippen molar-refractivity contribution in [1.29, 1.82) is 5.26 Å². The van der Waals surface area contributed by atoms with E-state index < -0.39 is 5.97 Å².